The molecule has 0 heterocycles. The molecule has 4 fully saturated rings. The summed E-state index contributed by atoms with van der Waals surface area (Å²) in [5.41, 5.74) is 1.76. The van der Waals surface area contributed by atoms with Gasteiger partial charge in [0.25, 0.3) is 0 Å². The zero-order chi connectivity index (χ0) is 20.9. The van der Waals surface area contributed by atoms with Crippen molar-refractivity contribution in [3.8, 4) is 0 Å². The Balaban J connectivity index is 0.000000208. The van der Waals surface area contributed by atoms with Gasteiger partial charge in [-0.15, -0.1) is 0 Å². The van der Waals surface area contributed by atoms with Crippen LogP contribution in [0.3, 0.4) is 0 Å². The Morgan fingerprint density at radius 3 is 0.643 bits per heavy atom. The molecular formula is C28H56. The van der Waals surface area contributed by atoms with Crippen LogP contribution < -0.4 is 0 Å². The van der Waals surface area contributed by atoms with Crippen molar-refractivity contribution in [1.29, 1.82) is 0 Å². The molecule has 4 aliphatic carbocycles. The predicted molar refractivity (Wildman–Crippen MR) is 129 cm³/mol. The first-order valence-corrected chi connectivity index (χ1v) is 13.3. The van der Waals surface area contributed by atoms with Gasteiger partial charge in [-0.3, -0.25) is 0 Å². The second-order valence-electron chi connectivity index (χ2n) is 12.0. The van der Waals surface area contributed by atoms with Crippen LogP contribution in [0.4, 0.5) is 0 Å². The molecule has 0 unspecified atom stereocenters. The van der Waals surface area contributed by atoms with Crippen LogP contribution in [0.5, 0.6) is 0 Å². The number of hydrogen-bond acceptors (Lipinski definition) is 0. The summed E-state index contributed by atoms with van der Waals surface area (Å²) in [4.78, 5) is 0. The Bertz CT molecular complexity index is 309. The van der Waals surface area contributed by atoms with E-state index in [1.54, 1.807) is 51.4 Å². The summed E-state index contributed by atoms with van der Waals surface area (Å²) in [5, 5.41) is 0. The standard InChI is InChI=1S/C11H20.C9H16.2C4H10/c1-3-7-11(8-4-1)9-5-2-6-10-11;1-2-5-9(6-3-1)7-4-8-9;2*1-4(2)3/h1-10H2;1-8H2;2*4H,1-3H3. The van der Waals surface area contributed by atoms with Crippen molar-refractivity contribution in [1.82, 2.24) is 0 Å². The minimum absolute atomic E-state index is 0.833. The van der Waals surface area contributed by atoms with Crippen LogP contribution >= 0.6 is 0 Å². The van der Waals surface area contributed by atoms with Gasteiger partial charge in [-0.05, 0) is 74.0 Å². The lowest BCUT2D eigenvalue weighted by atomic mass is 9.61. The van der Waals surface area contributed by atoms with Gasteiger partial charge in [-0.2, -0.15) is 0 Å². The van der Waals surface area contributed by atoms with E-state index in [1.807, 2.05) is 0 Å². The zero-order valence-electron chi connectivity index (χ0n) is 20.9. The zero-order valence-corrected chi connectivity index (χ0v) is 20.9. The van der Waals surface area contributed by atoms with Gasteiger partial charge >= 0.3 is 0 Å². The van der Waals surface area contributed by atoms with Crippen molar-refractivity contribution in [2.75, 3.05) is 0 Å². The van der Waals surface area contributed by atoms with E-state index in [-0.39, 0.29) is 0 Å². The summed E-state index contributed by atoms with van der Waals surface area (Å²) in [6.07, 6.45) is 27.7. The monoisotopic (exact) mass is 392 g/mol. The fourth-order valence-corrected chi connectivity index (χ4v) is 5.58. The molecule has 2 spiro atoms. The van der Waals surface area contributed by atoms with E-state index in [4.69, 9.17) is 0 Å². The molecule has 0 N–H and O–H groups in total. The predicted octanol–water partition coefficient (Wildman–Crippen LogP) is 10.3. The molecule has 0 heteroatoms. The third-order valence-corrected chi connectivity index (χ3v) is 7.16. The average molecular weight is 393 g/mol. The molecule has 4 saturated carbocycles. The molecule has 0 saturated heterocycles. The van der Waals surface area contributed by atoms with E-state index in [2.05, 4.69) is 41.5 Å². The van der Waals surface area contributed by atoms with Crippen LogP contribution in [0.1, 0.15) is 157 Å². The van der Waals surface area contributed by atoms with Gasteiger partial charge in [-0.1, -0.05) is 106 Å². The van der Waals surface area contributed by atoms with E-state index in [9.17, 15) is 0 Å². The molecule has 28 heavy (non-hydrogen) atoms. The van der Waals surface area contributed by atoms with Crippen LogP contribution in [-0.4, -0.2) is 0 Å². The highest BCUT2D eigenvalue weighted by atomic mass is 14.4. The SMILES string of the molecule is C1CCC2(CC1)CCC2.C1CCC2(CC1)CCCCC2.CC(C)C.CC(C)C. The Labute approximate surface area is 180 Å². The highest BCUT2D eigenvalue weighted by molar-refractivity contribution is 4.89. The largest absolute Gasteiger partial charge is 0.0630 e. The van der Waals surface area contributed by atoms with Crippen molar-refractivity contribution in [2.45, 2.75) is 157 Å². The van der Waals surface area contributed by atoms with Gasteiger partial charge in [0.2, 0.25) is 0 Å². The summed E-state index contributed by atoms with van der Waals surface area (Å²) in [6, 6.07) is 0. The van der Waals surface area contributed by atoms with Crippen molar-refractivity contribution in [2.24, 2.45) is 22.7 Å². The second-order valence-corrected chi connectivity index (χ2v) is 12.0. The van der Waals surface area contributed by atoms with Crippen molar-refractivity contribution < 1.29 is 0 Å². The Morgan fingerprint density at radius 2 is 0.500 bits per heavy atom. The molecule has 0 aromatic rings. The summed E-state index contributed by atoms with van der Waals surface area (Å²) in [7, 11) is 0. The maximum Gasteiger partial charge on any atom is -0.0297 e. The molecule has 168 valence electrons. The van der Waals surface area contributed by atoms with Crippen LogP contribution in [0.25, 0.3) is 0 Å². The summed E-state index contributed by atoms with van der Waals surface area (Å²) < 4.78 is 0. The molecule has 4 rings (SSSR count). The lowest BCUT2D eigenvalue weighted by Gasteiger charge is -2.45. The van der Waals surface area contributed by atoms with E-state index in [0.29, 0.717) is 0 Å². The molecule has 0 bridgehead atoms. The topological polar surface area (TPSA) is 0 Å². The average Bonchev–Trinajstić information content (AvgIpc) is 2.62. The number of rotatable bonds is 0. The van der Waals surface area contributed by atoms with E-state index in [1.165, 1.54) is 64.2 Å². The quantitative estimate of drug-likeness (QED) is 0.384. The van der Waals surface area contributed by atoms with Gasteiger partial charge in [0, 0.05) is 0 Å². The second kappa shape index (κ2) is 14.1. The van der Waals surface area contributed by atoms with Crippen LogP contribution in [-0.2, 0) is 0 Å². The third kappa shape index (κ3) is 11.3. The summed E-state index contributed by atoms with van der Waals surface area (Å²) in [6.45, 7) is 13.0. The van der Waals surface area contributed by atoms with Gasteiger partial charge in [-0.25, -0.2) is 0 Å². The third-order valence-electron chi connectivity index (χ3n) is 7.16. The normalized spacial score (nSPS) is 24.9. The van der Waals surface area contributed by atoms with E-state index >= 15 is 0 Å². The molecule has 0 aromatic heterocycles. The van der Waals surface area contributed by atoms with E-state index in [0.717, 1.165) is 22.7 Å². The lowest BCUT2D eigenvalue weighted by Crippen LogP contribution is -2.31. The summed E-state index contributed by atoms with van der Waals surface area (Å²) >= 11 is 0. The van der Waals surface area contributed by atoms with Crippen LogP contribution in [0, 0.1) is 22.7 Å². The minimum Gasteiger partial charge on any atom is -0.0630 e. The van der Waals surface area contributed by atoms with Crippen molar-refractivity contribution in [3.63, 3.8) is 0 Å². The fraction of sp³-hybridized carbons (Fsp3) is 1.00. The lowest BCUT2D eigenvalue weighted by molar-refractivity contribution is 0.0775. The van der Waals surface area contributed by atoms with Crippen molar-refractivity contribution >= 4 is 0 Å². The molecule has 4 aliphatic rings. The molecule has 0 nitrogen and oxygen atoms in total. The first kappa shape index (κ1) is 26.0. The first-order valence-electron chi connectivity index (χ1n) is 13.3. The molecule has 0 amide bonds. The van der Waals surface area contributed by atoms with Crippen LogP contribution in [0.2, 0.25) is 0 Å². The summed E-state index contributed by atoms with van der Waals surface area (Å²) in [5.74, 6) is 1.67. The minimum atomic E-state index is 0.833. The maximum absolute atomic E-state index is 2.17. The maximum atomic E-state index is 2.17. The van der Waals surface area contributed by atoms with Crippen LogP contribution in [0.15, 0.2) is 0 Å². The first-order chi connectivity index (χ1) is 13.3. The smallest absolute Gasteiger partial charge is 0.0297 e. The molecular weight excluding hydrogens is 336 g/mol. The van der Waals surface area contributed by atoms with Crippen molar-refractivity contribution in [3.05, 3.63) is 0 Å². The molecule has 0 radical (unpaired) electrons. The highest BCUT2D eigenvalue weighted by Gasteiger charge is 2.37. The van der Waals surface area contributed by atoms with Gasteiger partial charge in [0.15, 0.2) is 0 Å². The van der Waals surface area contributed by atoms with E-state index < -0.39 is 0 Å². The highest BCUT2D eigenvalue weighted by Crippen LogP contribution is 2.51. The Kier molecular flexibility index (Phi) is 13.1. The molecule has 0 atom stereocenters. The number of hydrogen-bond donors (Lipinski definition) is 0. The fourth-order valence-electron chi connectivity index (χ4n) is 5.58. The Morgan fingerprint density at radius 1 is 0.321 bits per heavy atom. The van der Waals surface area contributed by atoms with Gasteiger partial charge in [0.05, 0.1) is 0 Å². The van der Waals surface area contributed by atoms with Gasteiger partial charge in [0.1, 0.15) is 0 Å². The Hall–Kier alpha value is 0. The van der Waals surface area contributed by atoms with Gasteiger partial charge < -0.3 is 0 Å². The molecule has 0 aliphatic heterocycles. The molecule has 0 aromatic carbocycles.